The molecule has 0 aromatic heterocycles. The largest absolute Gasteiger partial charge is 0.467 e. The molecule has 0 amide bonds. The molecule has 64 valence electrons. The summed E-state index contributed by atoms with van der Waals surface area (Å²) in [5.41, 5.74) is 0. The maximum atomic E-state index is 8.46. The van der Waals surface area contributed by atoms with Crippen molar-refractivity contribution in [3.05, 3.63) is 24.7 Å². The fraction of sp³-hybridized carbons (Fsp3) is 0.500. The van der Waals surface area contributed by atoms with Gasteiger partial charge in [0.1, 0.15) is 0 Å². The molecule has 0 unspecified atom stereocenters. The molecule has 0 bridgehead atoms. The molecule has 0 aromatic rings. The van der Waals surface area contributed by atoms with Gasteiger partial charge in [-0.2, -0.15) is 0 Å². The Morgan fingerprint density at radius 3 is 1.64 bits per heavy atom. The standard InChI is InChI=1S/C8H14O3/c1-7(3-5-9)11-8(2)4-6-10/h9-10H,1-6H2. The zero-order chi connectivity index (χ0) is 8.69. The normalized spacial score (nSPS) is 9.27. The van der Waals surface area contributed by atoms with E-state index in [1.54, 1.807) is 0 Å². The molecule has 0 atom stereocenters. The van der Waals surface area contributed by atoms with Gasteiger partial charge < -0.3 is 14.9 Å². The highest BCUT2D eigenvalue weighted by molar-refractivity contribution is 4.92. The molecule has 0 rings (SSSR count). The molecule has 0 aliphatic carbocycles. The molecule has 0 aromatic carbocycles. The molecule has 3 heteroatoms. The number of hydrogen-bond acceptors (Lipinski definition) is 3. The topological polar surface area (TPSA) is 49.7 Å². The van der Waals surface area contributed by atoms with Crippen molar-refractivity contribution in [1.82, 2.24) is 0 Å². The van der Waals surface area contributed by atoms with Crippen LogP contribution in [0.3, 0.4) is 0 Å². The molecular formula is C8H14O3. The summed E-state index contributed by atoms with van der Waals surface area (Å²) >= 11 is 0. The molecule has 0 heterocycles. The van der Waals surface area contributed by atoms with Gasteiger partial charge in [0.15, 0.2) is 0 Å². The van der Waals surface area contributed by atoms with Gasteiger partial charge in [0, 0.05) is 12.8 Å². The average molecular weight is 158 g/mol. The summed E-state index contributed by atoms with van der Waals surface area (Å²) in [5, 5.41) is 16.9. The van der Waals surface area contributed by atoms with Gasteiger partial charge in [-0.1, -0.05) is 13.2 Å². The van der Waals surface area contributed by atoms with Gasteiger partial charge in [-0.05, 0) is 0 Å². The lowest BCUT2D eigenvalue weighted by Gasteiger charge is -2.08. The Balaban J connectivity index is 3.49. The van der Waals surface area contributed by atoms with Gasteiger partial charge in [-0.3, -0.25) is 0 Å². The lowest BCUT2D eigenvalue weighted by atomic mass is 10.3. The molecule has 0 aliphatic rings. The molecule has 0 aliphatic heterocycles. The zero-order valence-electron chi connectivity index (χ0n) is 6.55. The highest BCUT2D eigenvalue weighted by atomic mass is 16.5. The summed E-state index contributed by atoms with van der Waals surface area (Å²) in [5.74, 6) is 0.955. The minimum absolute atomic E-state index is 0.0191. The van der Waals surface area contributed by atoms with Crippen molar-refractivity contribution in [1.29, 1.82) is 0 Å². The summed E-state index contributed by atoms with van der Waals surface area (Å²) in [7, 11) is 0. The maximum absolute atomic E-state index is 8.46. The van der Waals surface area contributed by atoms with Crippen LogP contribution < -0.4 is 0 Å². The summed E-state index contributed by atoms with van der Waals surface area (Å²) < 4.78 is 5.02. The number of aliphatic hydroxyl groups excluding tert-OH is 2. The Morgan fingerprint density at radius 2 is 1.36 bits per heavy atom. The lowest BCUT2D eigenvalue weighted by molar-refractivity contribution is 0.216. The van der Waals surface area contributed by atoms with Gasteiger partial charge in [0.2, 0.25) is 0 Å². The number of hydrogen-bond donors (Lipinski definition) is 2. The van der Waals surface area contributed by atoms with E-state index in [0.29, 0.717) is 24.4 Å². The Morgan fingerprint density at radius 1 is 1.00 bits per heavy atom. The van der Waals surface area contributed by atoms with E-state index in [4.69, 9.17) is 14.9 Å². The fourth-order valence-corrected chi connectivity index (χ4v) is 0.556. The second-order valence-electron chi connectivity index (χ2n) is 2.13. The summed E-state index contributed by atoms with van der Waals surface area (Å²) in [4.78, 5) is 0. The van der Waals surface area contributed by atoms with Crippen LogP contribution in [0.5, 0.6) is 0 Å². The van der Waals surface area contributed by atoms with Gasteiger partial charge in [0.05, 0.1) is 24.7 Å². The number of rotatable bonds is 6. The zero-order valence-corrected chi connectivity index (χ0v) is 6.55. The van der Waals surface area contributed by atoms with Crippen molar-refractivity contribution >= 4 is 0 Å². The summed E-state index contributed by atoms with van der Waals surface area (Å²) in [6.45, 7) is 7.12. The molecule has 0 saturated heterocycles. The Kier molecular flexibility index (Phi) is 5.51. The van der Waals surface area contributed by atoms with Crippen LogP contribution in [-0.2, 0) is 4.74 Å². The molecular weight excluding hydrogens is 144 g/mol. The first-order valence-electron chi connectivity index (χ1n) is 3.45. The van der Waals surface area contributed by atoms with Crippen molar-refractivity contribution in [3.8, 4) is 0 Å². The number of aliphatic hydroxyl groups is 2. The quantitative estimate of drug-likeness (QED) is 0.562. The van der Waals surface area contributed by atoms with Crippen molar-refractivity contribution in [3.63, 3.8) is 0 Å². The smallest absolute Gasteiger partial charge is 0.0987 e. The van der Waals surface area contributed by atoms with Gasteiger partial charge >= 0.3 is 0 Å². The number of ether oxygens (including phenoxy) is 1. The highest BCUT2D eigenvalue weighted by Gasteiger charge is 1.97. The first kappa shape index (κ1) is 10.2. The summed E-state index contributed by atoms with van der Waals surface area (Å²) in [6, 6.07) is 0. The maximum Gasteiger partial charge on any atom is 0.0987 e. The minimum atomic E-state index is 0.0191. The van der Waals surface area contributed by atoms with E-state index < -0.39 is 0 Å². The fourth-order valence-electron chi connectivity index (χ4n) is 0.556. The van der Waals surface area contributed by atoms with E-state index in [1.807, 2.05) is 0 Å². The molecule has 2 N–H and O–H groups in total. The highest BCUT2D eigenvalue weighted by Crippen LogP contribution is 2.08. The van der Waals surface area contributed by atoms with Crippen LogP contribution in [0.1, 0.15) is 12.8 Å². The molecule has 0 radical (unpaired) electrons. The predicted molar refractivity (Wildman–Crippen MR) is 42.8 cm³/mol. The second kappa shape index (κ2) is 5.95. The van der Waals surface area contributed by atoms with E-state index >= 15 is 0 Å². The first-order valence-corrected chi connectivity index (χ1v) is 3.45. The van der Waals surface area contributed by atoms with Crippen LogP contribution in [0.4, 0.5) is 0 Å². The Labute approximate surface area is 66.6 Å². The van der Waals surface area contributed by atoms with E-state index in [-0.39, 0.29) is 13.2 Å². The van der Waals surface area contributed by atoms with Gasteiger partial charge in [-0.25, -0.2) is 0 Å². The third kappa shape index (κ3) is 5.63. The van der Waals surface area contributed by atoms with E-state index in [1.165, 1.54) is 0 Å². The van der Waals surface area contributed by atoms with Crippen molar-refractivity contribution in [2.75, 3.05) is 13.2 Å². The average Bonchev–Trinajstić information content (AvgIpc) is 1.87. The molecule has 3 nitrogen and oxygen atoms in total. The second-order valence-corrected chi connectivity index (χ2v) is 2.13. The van der Waals surface area contributed by atoms with Crippen LogP contribution in [0.15, 0.2) is 24.7 Å². The molecule has 0 saturated carbocycles. The SMILES string of the molecule is C=C(CCO)OC(=C)CCO. The van der Waals surface area contributed by atoms with E-state index in [2.05, 4.69) is 13.2 Å². The van der Waals surface area contributed by atoms with Gasteiger partial charge in [-0.15, -0.1) is 0 Å². The van der Waals surface area contributed by atoms with Crippen LogP contribution in [0.2, 0.25) is 0 Å². The van der Waals surface area contributed by atoms with E-state index in [0.717, 1.165) is 0 Å². The molecule has 0 spiro atoms. The molecule has 11 heavy (non-hydrogen) atoms. The predicted octanol–water partition coefficient (Wildman–Crippen LogP) is 0.795. The van der Waals surface area contributed by atoms with Crippen LogP contribution in [0, 0.1) is 0 Å². The minimum Gasteiger partial charge on any atom is -0.467 e. The third-order valence-electron chi connectivity index (χ3n) is 1.07. The van der Waals surface area contributed by atoms with Crippen LogP contribution in [0.25, 0.3) is 0 Å². The van der Waals surface area contributed by atoms with Crippen molar-refractivity contribution in [2.45, 2.75) is 12.8 Å². The summed E-state index contributed by atoms with van der Waals surface area (Å²) in [6.07, 6.45) is 0.814. The third-order valence-corrected chi connectivity index (χ3v) is 1.07. The lowest BCUT2D eigenvalue weighted by Crippen LogP contribution is -1.95. The first-order chi connectivity index (χ1) is 5.20. The Bertz CT molecular complexity index is 124. The van der Waals surface area contributed by atoms with Crippen molar-refractivity contribution < 1.29 is 14.9 Å². The van der Waals surface area contributed by atoms with E-state index in [9.17, 15) is 0 Å². The monoisotopic (exact) mass is 158 g/mol. The van der Waals surface area contributed by atoms with Gasteiger partial charge in [0.25, 0.3) is 0 Å². The van der Waals surface area contributed by atoms with Crippen LogP contribution >= 0.6 is 0 Å². The Hall–Kier alpha value is -0.800. The molecule has 0 fully saturated rings. The van der Waals surface area contributed by atoms with Crippen molar-refractivity contribution in [2.24, 2.45) is 0 Å². The van der Waals surface area contributed by atoms with Crippen LogP contribution in [-0.4, -0.2) is 23.4 Å².